The smallest absolute Gasteiger partial charge is 0.121 e. The number of hydrogen-bond donors (Lipinski definition) is 1. The van der Waals surface area contributed by atoms with E-state index in [9.17, 15) is 5.11 Å². The molecule has 1 heterocycles. The fraction of sp³-hybridized carbons (Fsp3) is 0.357. The number of aromatic nitrogens is 2. The molecule has 1 atom stereocenters. The maximum absolute atomic E-state index is 10.3. The van der Waals surface area contributed by atoms with Crippen LogP contribution < -0.4 is 4.74 Å². The first-order valence-corrected chi connectivity index (χ1v) is 6.11. The SMILES string of the molecule is CCCOc1cccc(C(O)c2ccnn2C)c1. The van der Waals surface area contributed by atoms with Crippen molar-refractivity contribution in [3.63, 3.8) is 0 Å². The Bertz CT molecular complexity index is 508. The topological polar surface area (TPSA) is 47.3 Å². The van der Waals surface area contributed by atoms with E-state index in [0.717, 1.165) is 23.4 Å². The molecule has 0 spiro atoms. The van der Waals surface area contributed by atoms with Crippen LogP contribution in [0.2, 0.25) is 0 Å². The van der Waals surface area contributed by atoms with E-state index in [0.29, 0.717) is 6.61 Å². The van der Waals surface area contributed by atoms with Crippen molar-refractivity contribution >= 4 is 0 Å². The second-order valence-electron chi connectivity index (χ2n) is 4.20. The highest BCUT2D eigenvalue weighted by atomic mass is 16.5. The van der Waals surface area contributed by atoms with Gasteiger partial charge < -0.3 is 9.84 Å². The molecule has 4 heteroatoms. The number of ether oxygens (including phenoxy) is 1. The number of hydrogen-bond acceptors (Lipinski definition) is 3. The lowest BCUT2D eigenvalue weighted by molar-refractivity contribution is 0.209. The Kier molecular flexibility index (Phi) is 3.99. The predicted octanol–water partition coefficient (Wildman–Crippen LogP) is 2.29. The molecule has 1 aromatic carbocycles. The molecular formula is C14H18N2O2. The summed E-state index contributed by atoms with van der Waals surface area (Å²) in [6.07, 6.45) is 1.97. The van der Waals surface area contributed by atoms with Crippen molar-refractivity contribution in [1.29, 1.82) is 0 Å². The number of aryl methyl sites for hydroxylation is 1. The van der Waals surface area contributed by atoms with Crippen molar-refractivity contribution in [3.05, 3.63) is 47.8 Å². The average molecular weight is 246 g/mol. The molecule has 0 aliphatic rings. The molecule has 4 nitrogen and oxygen atoms in total. The third kappa shape index (κ3) is 2.71. The lowest BCUT2D eigenvalue weighted by Crippen LogP contribution is -2.07. The third-order valence-electron chi connectivity index (χ3n) is 2.79. The molecule has 2 aromatic rings. The van der Waals surface area contributed by atoms with Crippen LogP contribution in [-0.4, -0.2) is 21.5 Å². The van der Waals surface area contributed by atoms with Crippen LogP contribution in [0.5, 0.6) is 5.75 Å². The fourth-order valence-electron chi connectivity index (χ4n) is 1.82. The maximum Gasteiger partial charge on any atom is 0.121 e. The van der Waals surface area contributed by atoms with Crippen molar-refractivity contribution in [1.82, 2.24) is 9.78 Å². The highest BCUT2D eigenvalue weighted by molar-refractivity contribution is 5.33. The van der Waals surface area contributed by atoms with Crippen LogP contribution in [0.4, 0.5) is 0 Å². The first kappa shape index (κ1) is 12.6. The van der Waals surface area contributed by atoms with Gasteiger partial charge in [-0.15, -0.1) is 0 Å². The average Bonchev–Trinajstić information content (AvgIpc) is 2.82. The lowest BCUT2D eigenvalue weighted by Gasteiger charge is -2.13. The molecule has 0 fully saturated rings. The van der Waals surface area contributed by atoms with Gasteiger partial charge in [-0.1, -0.05) is 19.1 Å². The summed E-state index contributed by atoms with van der Waals surface area (Å²) in [5.74, 6) is 0.788. The summed E-state index contributed by atoms with van der Waals surface area (Å²) in [6, 6.07) is 9.35. The van der Waals surface area contributed by atoms with Gasteiger partial charge in [0.25, 0.3) is 0 Å². The molecule has 1 N–H and O–H groups in total. The van der Waals surface area contributed by atoms with Crippen molar-refractivity contribution in [3.8, 4) is 5.75 Å². The summed E-state index contributed by atoms with van der Waals surface area (Å²) >= 11 is 0. The molecule has 0 radical (unpaired) electrons. The largest absolute Gasteiger partial charge is 0.494 e. The van der Waals surface area contributed by atoms with E-state index in [1.54, 1.807) is 10.9 Å². The van der Waals surface area contributed by atoms with E-state index in [-0.39, 0.29) is 0 Å². The number of aliphatic hydroxyl groups is 1. The second-order valence-corrected chi connectivity index (χ2v) is 4.20. The van der Waals surface area contributed by atoms with Crippen LogP contribution in [-0.2, 0) is 7.05 Å². The van der Waals surface area contributed by atoms with Crippen LogP contribution in [0.1, 0.15) is 30.7 Å². The van der Waals surface area contributed by atoms with Gasteiger partial charge in [-0.05, 0) is 30.2 Å². The molecular weight excluding hydrogens is 228 g/mol. The highest BCUT2D eigenvalue weighted by Crippen LogP contribution is 2.24. The van der Waals surface area contributed by atoms with Gasteiger partial charge in [0.15, 0.2) is 0 Å². The summed E-state index contributed by atoms with van der Waals surface area (Å²) in [7, 11) is 1.82. The van der Waals surface area contributed by atoms with Gasteiger partial charge in [-0.3, -0.25) is 4.68 Å². The van der Waals surface area contributed by atoms with Gasteiger partial charge in [0.05, 0.1) is 12.3 Å². The molecule has 0 aliphatic heterocycles. The highest BCUT2D eigenvalue weighted by Gasteiger charge is 2.14. The first-order chi connectivity index (χ1) is 8.72. The Hall–Kier alpha value is -1.81. The maximum atomic E-state index is 10.3. The van der Waals surface area contributed by atoms with Crippen LogP contribution in [0.25, 0.3) is 0 Å². The zero-order valence-corrected chi connectivity index (χ0v) is 10.7. The Balaban J connectivity index is 2.20. The van der Waals surface area contributed by atoms with Crippen LogP contribution in [0, 0.1) is 0 Å². The van der Waals surface area contributed by atoms with Crippen molar-refractivity contribution in [2.24, 2.45) is 7.05 Å². The monoisotopic (exact) mass is 246 g/mol. The molecule has 0 saturated carbocycles. The van der Waals surface area contributed by atoms with Crippen molar-refractivity contribution in [2.75, 3.05) is 6.61 Å². The standard InChI is InChI=1S/C14H18N2O2/c1-3-9-18-12-6-4-5-11(10-12)14(17)13-7-8-15-16(13)2/h4-8,10,14,17H,3,9H2,1-2H3. The normalized spacial score (nSPS) is 12.4. The summed E-state index contributed by atoms with van der Waals surface area (Å²) in [5, 5.41) is 14.4. The Morgan fingerprint density at radius 3 is 2.89 bits per heavy atom. The van der Waals surface area contributed by atoms with E-state index in [1.807, 2.05) is 37.4 Å². The molecule has 0 aliphatic carbocycles. The third-order valence-corrected chi connectivity index (χ3v) is 2.79. The minimum atomic E-state index is -0.678. The van der Waals surface area contributed by atoms with Gasteiger partial charge in [0, 0.05) is 13.2 Å². The van der Waals surface area contributed by atoms with Crippen molar-refractivity contribution in [2.45, 2.75) is 19.4 Å². The van der Waals surface area contributed by atoms with Crippen molar-refractivity contribution < 1.29 is 9.84 Å². The molecule has 96 valence electrons. The number of nitrogens with zero attached hydrogens (tertiary/aromatic N) is 2. The summed E-state index contributed by atoms with van der Waals surface area (Å²) in [5.41, 5.74) is 1.58. The molecule has 0 amide bonds. The molecule has 1 unspecified atom stereocenters. The zero-order valence-electron chi connectivity index (χ0n) is 10.7. The van der Waals surface area contributed by atoms with Crippen LogP contribution in [0.15, 0.2) is 36.5 Å². The summed E-state index contributed by atoms with van der Waals surface area (Å²) in [6.45, 7) is 2.75. The van der Waals surface area contributed by atoms with E-state index in [4.69, 9.17) is 4.74 Å². The number of rotatable bonds is 5. The van der Waals surface area contributed by atoms with Gasteiger partial charge in [0.2, 0.25) is 0 Å². The predicted molar refractivity (Wildman–Crippen MR) is 69.5 cm³/mol. The summed E-state index contributed by atoms with van der Waals surface area (Å²) < 4.78 is 7.23. The molecule has 1 aromatic heterocycles. The van der Waals surface area contributed by atoms with E-state index < -0.39 is 6.10 Å². The molecule has 18 heavy (non-hydrogen) atoms. The lowest BCUT2D eigenvalue weighted by atomic mass is 10.1. The van der Waals surface area contributed by atoms with E-state index >= 15 is 0 Å². The summed E-state index contributed by atoms with van der Waals surface area (Å²) in [4.78, 5) is 0. The number of aliphatic hydroxyl groups excluding tert-OH is 1. The van der Waals surface area contributed by atoms with Gasteiger partial charge in [-0.2, -0.15) is 5.10 Å². The fourth-order valence-corrected chi connectivity index (χ4v) is 1.82. The quantitative estimate of drug-likeness (QED) is 0.880. The zero-order chi connectivity index (χ0) is 13.0. The minimum absolute atomic E-state index is 0.678. The molecule has 0 saturated heterocycles. The van der Waals surface area contributed by atoms with E-state index in [1.165, 1.54) is 0 Å². The first-order valence-electron chi connectivity index (χ1n) is 6.11. The second kappa shape index (κ2) is 5.69. The Morgan fingerprint density at radius 1 is 1.39 bits per heavy atom. The van der Waals surface area contributed by atoms with Gasteiger partial charge >= 0.3 is 0 Å². The van der Waals surface area contributed by atoms with Gasteiger partial charge in [0.1, 0.15) is 11.9 Å². The molecule has 2 rings (SSSR count). The Morgan fingerprint density at radius 2 is 2.22 bits per heavy atom. The van der Waals surface area contributed by atoms with E-state index in [2.05, 4.69) is 12.0 Å². The molecule has 0 bridgehead atoms. The van der Waals surface area contributed by atoms with Gasteiger partial charge in [-0.25, -0.2) is 0 Å². The Labute approximate surface area is 107 Å². The number of benzene rings is 1. The van der Waals surface area contributed by atoms with Crippen LogP contribution in [0.3, 0.4) is 0 Å². The van der Waals surface area contributed by atoms with Crippen LogP contribution >= 0.6 is 0 Å². The minimum Gasteiger partial charge on any atom is -0.494 e.